The molecule has 19 heavy (non-hydrogen) atoms. The minimum Gasteiger partial charge on any atom is -0.480 e. The molecule has 0 radical (unpaired) electrons. The molecular weight excluding hydrogens is 264 g/mol. The Morgan fingerprint density at radius 1 is 1.47 bits per heavy atom. The number of carbonyl (C=O) groups excluding carboxylic acids is 1. The van der Waals surface area contributed by atoms with Gasteiger partial charge in [0.25, 0.3) is 0 Å². The van der Waals surface area contributed by atoms with Crippen LogP contribution in [0.2, 0.25) is 0 Å². The lowest BCUT2D eigenvalue weighted by molar-refractivity contribution is -0.140. The molecule has 3 N–H and O–H groups in total. The Hall–Kier alpha value is -1.40. The number of carbonyl (C=O) groups is 2. The highest BCUT2D eigenvalue weighted by Gasteiger charge is 2.22. The number of carboxylic acids is 1. The molecule has 0 aromatic carbocycles. The maximum absolute atomic E-state index is 11.8. The Morgan fingerprint density at radius 2 is 2.21 bits per heavy atom. The van der Waals surface area contributed by atoms with Crippen molar-refractivity contribution in [2.45, 2.75) is 45.3 Å². The van der Waals surface area contributed by atoms with Crippen molar-refractivity contribution < 1.29 is 14.7 Å². The molecule has 106 valence electrons. The average molecular weight is 284 g/mol. The summed E-state index contributed by atoms with van der Waals surface area (Å²) in [7, 11) is 0. The Bertz CT molecular complexity index is 406. The average Bonchev–Trinajstić information content (AvgIpc) is 2.88. The third-order valence-corrected chi connectivity index (χ3v) is 3.61. The van der Waals surface area contributed by atoms with E-state index in [2.05, 4.69) is 10.6 Å². The quantitative estimate of drug-likeness (QED) is 0.677. The van der Waals surface area contributed by atoms with Gasteiger partial charge in [0.15, 0.2) is 0 Å². The predicted octanol–water partition coefficient (Wildman–Crippen LogP) is 1.60. The summed E-state index contributed by atoms with van der Waals surface area (Å²) >= 11 is 1.57. The molecule has 0 aliphatic heterocycles. The first-order chi connectivity index (χ1) is 9.04. The van der Waals surface area contributed by atoms with E-state index in [4.69, 9.17) is 5.11 Å². The Labute approximate surface area is 117 Å². The third-order valence-electron chi connectivity index (χ3n) is 2.74. The van der Waals surface area contributed by atoms with Gasteiger partial charge >= 0.3 is 5.97 Å². The van der Waals surface area contributed by atoms with Gasteiger partial charge in [-0.1, -0.05) is 19.4 Å². The van der Waals surface area contributed by atoms with E-state index in [1.807, 2.05) is 24.4 Å². The van der Waals surface area contributed by atoms with Gasteiger partial charge in [-0.3, -0.25) is 14.9 Å². The molecule has 0 aliphatic rings. The Morgan fingerprint density at radius 3 is 2.74 bits per heavy atom. The fraction of sp³-hybridized carbons (Fsp3) is 0.538. The van der Waals surface area contributed by atoms with Crippen LogP contribution >= 0.6 is 11.3 Å². The number of nitrogens with one attached hydrogen (secondary N) is 2. The summed E-state index contributed by atoms with van der Waals surface area (Å²) in [5.41, 5.74) is 0. The summed E-state index contributed by atoms with van der Waals surface area (Å²) in [5.74, 6) is -1.10. The lowest BCUT2D eigenvalue weighted by atomic mass is 10.1. The van der Waals surface area contributed by atoms with Crippen LogP contribution in [0.3, 0.4) is 0 Å². The van der Waals surface area contributed by atoms with Gasteiger partial charge in [-0.25, -0.2) is 0 Å². The van der Waals surface area contributed by atoms with Crippen LogP contribution in [-0.2, 0) is 16.1 Å². The normalized spacial score (nSPS) is 13.8. The zero-order chi connectivity index (χ0) is 14.3. The van der Waals surface area contributed by atoms with Gasteiger partial charge in [0.1, 0.15) is 6.04 Å². The molecule has 1 aromatic rings. The smallest absolute Gasteiger partial charge is 0.320 e. The number of carboxylic acid groups (broad SMARTS) is 1. The molecule has 2 atom stereocenters. The SMILES string of the molecule is CCCC(NC(C)C(=O)NCc1cccs1)C(=O)O. The second kappa shape index (κ2) is 7.91. The van der Waals surface area contributed by atoms with E-state index in [0.717, 1.165) is 11.3 Å². The van der Waals surface area contributed by atoms with Crippen LogP contribution in [0.4, 0.5) is 0 Å². The van der Waals surface area contributed by atoms with Gasteiger partial charge in [0, 0.05) is 4.88 Å². The van der Waals surface area contributed by atoms with Gasteiger partial charge in [0.2, 0.25) is 5.91 Å². The van der Waals surface area contributed by atoms with Gasteiger partial charge < -0.3 is 10.4 Å². The molecule has 0 aliphatic carbocycles. The molecule has 0 saturated heterocycles. The van der Waals surface area contributed by atoms with Crippen LogP contribution in [0.1, 0.15) is 31.6 Å². The zero-order valence-electron chi connectivity index (χ0n) is 11.2. The second-order valence-electron chi connectivity index (χ2n) is 4.37. The van der Waals surface area contributed by atoms with Crippen molar-refractivity contribution in [2.75, 3.05) is 0 Å². The number of aliphatic carboxylic acids is 1. The Kier molecular flexibility index (Phi) is 6.52. The highest BCUT2D eigenvalue weighted by molar-refractivity contribution is 7.09. The third kappa shape index (κ3) is 5.40. The molecule has 0 saturated carbocycles. The fourth-order valence-electron chi connectivity index (χ4n) is 1.68. The van der Waals surface area contributed by atoms with E-state index < -0.39 is 18.1 Å². The topological polar surface area (TPSA) is 78.4 Å². The summed E-state index contributed by atoms with van der Waals surface area (Å²) < 4.78 is 0. The molecule has 0 bridgehead atoms. The molecule has 0 fully saturated rings. The first kappa shape index (κ1) is 15.7. The number of rotatable bonds is 8. The van der Waals surface area contributed by atoms with Crippen molar-refractivity contribution in [1.29, 1.82) is 0 Å². The van der Waals surface area contributed by atoms with Gasteiger partial charge in [-0.2, -0.15) is 0 Å². The lowest BCUT2D eigenvalue weighted by Gasteiger charge is -2.19. The first-order valence-corrected chi connectivity index (χ1v) is 7.21. The molecule has 1 amide bonds. The van der Waals surface area contributed by atoms with Crippen LogP contribution in [0.25, 0.3) is 0 Å². The summed E-state index contributed by atoms with van der Waals surface area (Å²) in [4.78, 5) is 23.9. The highest BCUT2D eigenvalue weighted by Crippen LogP contribution is 2.07. The fourth-order valence-corrected chi connectivity index (χ4v) is 2.33. The minimum absolute atomic E-state index is 0.184. The highest BCUT2D eigenvalue weighted by atomic mass is 32.1. The number of hydrogen-bond acceptors (Lipinski definition) is 4. The summed E-state index contributed by atoms with van der Waals surface area (Å²) in [6.07, 6.45) is 1.27. The minimum atomic E-state index is -0.917. The van der Waals surface area contributed by atoms with Crippen molar-refractivity contribution in [3.05, 3.63) is 22.4 Å². The lowest BCUT2D eigenvalue weighted by Crippen LogP contribution is -2.49. The molecule has 1 heterocycles. The van der Waals surface area contributed by atoms with E-state index in [1.54, 1.807) is 18.3 Å². The molecule has 2 unspecified atom stereocenters. The number of hydrogen-bond donors (Lipinski definition) is 3. The summed E-state index contributed by atoms with van der Waals surface area (Å²) in [5, 5.41) is 16.6. The van der Waals surface area contributed by atoms with Crippen LogP contribution < -0.4 is 10.6 Å². The van der Waals surface area contributed by atoms with E-state index in [9.17, 15) is 9.59 Å². The second-order valence-corrected chi connectivity index (χ2v) is 5.40. The Balaban J connectivity index is 2.40. The molecule has 0 spiro atoms. The van der Waals surface area contributed by atoms with Crippen molar-refractivity contribution in [3.63, 3.8) is 0 Å². The summed E-state index contributed by atoms with van der Waals surface area (Å²) in [6, 6.07) is 2.68. The van der Waals surface area contributed by atoms with Gasteiger partial charge in [-0.15, -0.1) is 11.3 Å². The van der Waals surface area contributed by atoms with Gasteiger partial charge in [-0.05, 0) is 24.8 Å². The molecule has 1 rings (SSSR count). The number of amides is 1. The zero-order valence-corrected chi connectivity index (χ0v) is 12.0. The van der Waals surface area contributed by atoms with Crippen LogP contribution in [0, 0.1) is 0 Å². The summed E-state index contributed by atoms with van der Waals surface area (Å²) in [6.45, 7) is 4.07. The van der Waals surface area contributed by atoms with E-state index in [1.165, 1.54) is 0 Å². The maximum Gasteiger partial charge on any atom is 0.320 e. The van der Waals surface area contributed by atoms with E-state index >= 15 is 0 Å². The maximum atomic E-state index is 11.8. The van der Waals surface area contributed by atoms with E-state index in [-0.39, 0.29) is 5.91 Å². The molecule has 1 aromatic heterocycles. The van der Waals surface area contributed by atoms with Gasteiger partial charge in [0.05, 0.1) is 12.6 Å². The molecule has 5 nitrogen and oxygen atoms in total. The number of thiophene rings is 1. The largest absolute Gasteiger partial charge is 0.480 e. The predicted molar refractivity (Wildman–Crippen MR) is 75.1 cm³/mol. The monoisotopic (exact) mass is 284 g/mol. The van der Waals surface area contributed by atoms with Crippen LogP contribution in [0.15, 0.2) is 17.5 Å². The van der Waals surface area contributed by atoms with Crippen molar-refractivity contribution in [1.82, 2.24) is 10.6 Å². The van der Waals surface area contributed by atoms with Crippen LogP contribution in [0.5, 0.6) is 0 Å². The molecular formula is C13H20N2O3S. The van der Waals surface area contributed by atoms with Crippen molar-refractivity contribution in [3.8, 4) is 0 Å². The standard InChI is InChI=1S/C13H20N2O3S/c1-3-5-11(13(17)18)15-9(2)12(16)14-8-10-6-4-7-19-10/h4,6-7,9,11,15H,3,5,8H2,1-2H3,(H,14,16)(H,17,18). The van der Waals surface area contributed by atoms with Crippen molar-refractivity contribution >= 4 is 23.2 Å². The van der Waals surface area contributed by atoms with Crippen LogP contribution in [-0.4, -0.2) is 29.1 Å². The van der Waals surface area contributed by atoms with Crippen molar-refractivity contribution in [2.24, 2.45) is 0 Å². The first-order valence-electron chi connectivity index (χ1n) is 6.33. The molecule has 6 heteroatoms. The van der Waals surface area contributed by atoms with E-state index in [0.29, 0.717) is 13.0 Å².